The Kier molecular flexibility index (Phi) is 6.41. The summed E-state index contributed by atoms with van der Waals surface area (Å²) in [6.07, 6.45) is 7.82. The average Bonchev–Trinajstić information content (AvgIpc) is 2.81. The summed E-state index contributed by atoms with van der Waals surface area (Å²) in [4.78, 5) is 1.34. The van der Waals surface area contributed by atoms with Crippen LogP contribution in [0.3, 0.4) is 0 Å². The average molecular weight is 387 g/mol. The zero-order chi connectivity index (χ0) is 15.9. The van der Waals surface area contributed by atoms with Crippen molar-refractivity contribution in [1.82, 2.24) is 0 Å². The van der Waals surface area contributed by atoms with Crippen LogP contribution in [0.15, 0.2) is 74.9 Å². The van der Waals surface area contributed by atoms with Gasteiger partial charge in [-0.05, 0) is 60.8 Å². The van der Waals surface area contributed by atoms with Gasteiger partial charge < -0.3 is 0 Å². The highest BCUT2D eigenvalue weighted by Crippen LogP contribution is 2.35. The minimum Gasteiger partial charge on any atom is -0.0981 e. The normalized spacial score (nSPS) is 20.4. The van der Waals surface area contributed by atoms with Crippen LogP contribution in [0.1, 0.15) is 37.7 Å². The molecular weight excluding hydrogens is 364 g/mol. The maximum absolute atomic E-state index is 3.71. The number of rotatable bonds is 4. The highest BCUT2D eigenvalue weighted by Gasteiger charge is 2.19. The van der Waals surface area contributed by atoms with Gasteiger partial charge in [-0.25, -0.2) is 0 Å². The third-order valence-corrected chi connectivity index (χ3v) is 6.29. The number of halogens is 1. The van der Waals surface area contributed by atoms with Crippen LogP contribution in [0.4, 0.5) is 0 Å². The van der Waals surface area contributed by atoms with Gasteiger partial charge in [0, 0.05) is 9.37 Å². The van der Waals surface area contributed by atoms with E-state index >= 15 is 0 Å². The van der Waals surface area contributed by atoms with Gasteiger partial charge in [-0.2, -0.15) is 0 Å². The van der Waals surface area contributed by atoms with Crippen LogP contribution in [-0.2, 0) is 6.42 Å². The molecule has 0 radical (unpaired) electrons. The van der Waals surface area contributed by atoms with Crippen molar-refractivity contribution in [3.63, 3.8) is 0 Å². The van der Waals surface area contributed by atoms with E-state index < -0.39 is 0 Å². The van der Waals surface area contributed by atoms with Crippen molar-refractivity contribution < 1.29 is 0 Å². The van der Waals surface area contributed by atoms with Gasteiger partial charge in [-0.15, -0.1) is 0 Å². The lowest BCUT2D eigenvalue weighted by Crippen LogP contribution is -2.07. The molecule has 1 unspecified atom stereocenters. The Labute approximate surface area is 152 Å². The molecule has 0 nitrogen and oxygen atoms in total. The molecule has 0 bridgehead atoms. The molecule has 2 aromatic carbocycles. The molecule has 1 aliphatic rings. The lowest BCUT2D eigenvalue weighted by molar-refractivity contribution is 0.546. The van der Waals surface area contributed by atoms with Gasteiger partial charge in [0.2, 0.25) is 0 Å². The van der Waals surface area contributed by atoms with Crippen LogP contribution in [0.2, 0.25) is 0 Å². The predicted molar refractivity (Wildman–Crippen MR) is 105 cm³/mol. The fourth-order valence-corrected chi connectivity index (χ4v) is 4.61. The Balaban J connectivity index is 1.76. The number of benzene rings is 2. The summed E-state index contributed by atoms with van der Waals surface area (Å²) in [5.41, 5.74) is 3.09. The second-order valence-electron chi connectivity index (χ2n) is 6.22. The van der Waals surface area contributed by atoms with Crippen LogP contribution in [0.5, 0.6) is 0 Å². The van der Waals surface area contributed by atoms with Crippen LogP contribution >= 0.6 is 27.7 Å². The van der Waals surface area contributed by atoms with Crippen LogP contribution < -0.4 is 0 Å². The molecule has 0 spiro atoms. The van der Waals surface area contributed by atoms with Crippen molar-refractivity contribution in [2.45, 2.75) is 43.4 Å². The smallest absolute Gasteiger partial charge is 0.0207 e. The third kappa shape index (κ3) is 4.99. The van der Waals surface area contributed by atoms with E-state index in [0.717, 1.165) is 6.42 Å². The Morgan fingerprint density at radius 3 is 2.57 bits per heavy atom. The van der Waals surface area contributed by atoms with Crippen molar-refractivity contribution >= 4 is 27.7 Å². The van der Waals surface area contributed by atoms with E-state index in [1.54, 1.807) is 5.57 Å². The molecule has 120 valence electrons. The van der Waals surface area contributed by atoms with E-state index in [0.29, 0.717) is 5.92 Å². The molecule has 2 aromatic rings. The monoisotopic (exact) mass is 386 g/mol. The van der Waals surface area contributed by atoms with E-state index in [-0.39, 0.29) is 0 Å². The quantitative estimate of drug-likeness (QED) is 0.393. The summed E-state index contributed by atoms with van der Waals surface area (Å²) < 4.78 is 1.25. The maximum Gasteiger partial charge on any atom is 0.0207 e. The number of hydrogen-bond donors (Lipinski definition) is 0. The first-order valence-corrected chi connectivity index (χ1v) is 10.1. The molecule has 1 atom stereocenters. The number of hydrogen-bond acceptors (Lipinski definition) is 1. The van der Waals surface area contributed by atoms with Gasteiger partial charge in [0.15, 0.2) is 0 Å². The zero-order valence-electron chi connectivity index (χ0n) is 13.4. The molecule has 3 rings (SSSR count). The largest absolute Gasteiger partial charge is 0.0981 e. The second-order valence-corrected chi connectivity index (χ2v) is 8.01. The predicted octanol–water partition coefficient (Wildman–Crippen LogP) is 7.25. The molecule has 2 heteroatoms. The highest BCUT2D eigenvalue weighted by atomic mass is 79.9. The van der Waals surface area contributed by atoms with Crippen LogP contribution in [-0.4, -0.2) is 0 Å². The minimum atomic E-state index is 0.687. The first kappa shape index (κ1) is 16.9. The van der Waals surface area contributed by atoms with Gasteiger partial charge in [0.1, 0.15) is 0 Å². The van der Waals surface area contributed by atoms with Crippen molar-refractivity contribution in [3.8, 4) is 0 Å². The van der Waals surface area contributed by atoms with E-state index in [1.165, 1.54) is 47.0 Å². The molecule has 23 heavy (non-hydrogen) atoms. The Morgan fingerprint density at radius 1 is 0.957 bits per heavy atom. The van der Waals surface area contributed by atoms with Gasteiger partial charge in [-0.1, -0.05) is 82.5 Å². The SMILES string of the molecule is Brc1ccccc1CC1CCCCC/C1=C\Sc1ccccc1. The maximum atomic E-state index is 3.71. The Morgan fingerprint density at radius 2 is 1.74 bits per heavy atom. The molecule has 0 amide bonds. The second kappa shape index (κ2) is 8.75. The lowest BCUT2D eigenvalue weighted by atomic mass is 9.89. The number of thioether (sulfide) groups is 1. The summed E-state index contributed by atoms with van der Waals surface area (Å²) in [5.74, 6) is 0.687. The molecule has 1 saturated carbocycles. The number of allylic oxidation sites excluding steroid dienone is 1. The molecule has 0 heterocycles. The third-order valence-electron chi connectivity index (χ3n) is 4.56. The minimum absolute atomic E-state index is 0.687. The molecule has 0 aromatic heterocycles. The standard InChI is InChI=1S/C21H23BrS/c22-21-14-8-7-10-18(21)15-17-9-3-1-4-11-19(17)16-23-20-12-5-2-6-13-20/h2,5-8,10,12-14,16-17H,1,3-4,9,11,15H2/b19-16+. The fourth-order valence-electron chi connectivity index (χ4n) is 3.25. The van der Waals surface area contributed by atoms with Crippen molar-refractivity contribution in [1.29, 1.82) is 0 Å². The summed E-state index contributed by atoms with van der Waals surface area (Å²) in [6, 6.07) is 19.4. The van der Waals surface area contributed by atoms with Crippen LogP contribution in [0, 0.1) is 5.92 Å². The summed E-state index contributed by atoms with van der Waals surface area (Å²) >= 11 is 5.59. The fraction of sp³-hybridized carbons (Fsp3) is 0.333. The van der Waals surface area contributed by atoms with Crippen molar-refractivity contribution in [2.75, 3.05) is 0 Å². The topological polar surface area (TPSA) is 0 Å². The Hall–Kier alpha value is -0.990. The van der Waals surface area contributed by atoms with Crippen molar-refractivity contribution in [2.24, 2.45) is 5.92 Å². The lowest BCUT2D eigenvalue weighted by Gasteiger charge is -2.19. The van der Waals surface area contributed by atoms with Gasteiger partial charge in [0.25, 0.3) is 0 Å². The summed E-state index contributed by atoms with van der Waals surface area (Å²) in [7, 11) is 0. The van der Waals surface area contributed by atoms with Gasteiger partial charge >= 0.3 is 0 Å². The molecule has 0 N–H and O–H groups in total. The first-order valence-electron chi connectivity index (χ1n) is 8.47. The van der Waals surface area contributed by atoms with E-state index in [9.17, 15) is 0 Å². The van der Waals surface area contributed by atoms with Crippen molar-refractivity contribution in [3.05, 3.63) is 75.6 Å². The zero-order valence-corrected chi connectivity index (χ0v) is 15.8. The first-order chi connectivity index (χ1) is 11.3. The van der Waals surface area contributed by atoms with Crippen LogP contribution in [0.25, 0.3) is 0 Å². The molecule has 1 fully saturated rings. The van der Waals surface area contributed by atoms with Gasteiger partial charge in [0.05, 0.1) is 0 Å². The molecular formula is C21H23BrS. The van der Waals surface area contributed by atoms with E-state index in [1.807, 2.05) is 11.8 Å². The molecule has 0 aliphatic heterocycles. The highest BCUT2D eigenvalue weighted by molar-refractivity contribution is 9.10. The van der Waals surface area contributed by atoms with Gasteiger partial charge in [-0.3, -0.25) is 0 Å². The summed E-state index contributed by atoms with van der Waals surface area (Å²) in [6.45, 7) is 0. The van der Waals surface area contributed by atoms with E-state index in [2.05, 4.69) is 75.9 Å². The molecule has 1 aliphatic carbocycles. The summed E-state index contributed by atoms with van der Waals surface area (Å²) in [5, 5.41) is 2.43. The molecule has 0 saturated heterocycles. The Bertz CT molecular complexity index is 648. The van der Waals surface area contributed by atoms with E-state index in [4.69, 9.17) is 0 Å².